The van der Waals surface area contributed by atoms with Crippen molar-refractivity contribution >= 4 is 22.6 Å². The van der Waals surface area contributed by atoms with Gasteiger partial charge in [0, 0.05) is 16.7 Å². The fourth-order valence-corrected chi connectivity index (χ4v) is 2.69. The van der Waals surface area contributed by atoms with Crippen molar-refractivity contribution in [3.8, 4) is 0 Å². The first-order valence-corrected chi connectivity index (χ1v) is 6.10. The fourth-order valence-electron chi connectivity index (χ4n) is 2.69. The molecular weight excluding hydrogens is 256 g/mol. The number of ketones is 2. The molecule has 0 saturated heterocycles. The van der Waals surface area contributed by atoms with E-state index in [1.165, 1.54) is 0 Å². The second-order valence-corrected chi connectivity index (χ2v) is 4.69. The molecule has 2 aromatic carbocycles. The molecule has 0 saturated carbocycles. The molecule has 1 heterocycles. The summed E-state index contributed by atoms with van der Waals surface area (Å²) in [6, 6.07) is 9.92. The minimum atomic E-state index is -0.396. The highest BCUT2D eigenvalue weighted by atomic mass is 16.1. The van der Waals surface area contributed by atoms with Crippen molar-refractivity contribution in [2.45, 2.75) is 0 Å². The molecule has 0 fully saturated rings. The Balaban J connectivity index is 2.16. The minimum Gasteiger partial charge on any atom is -0.306 e. The topological polar surface area (TPSA) is 82.8 Å². The SMILES string of the molecule is O=C1c2ccccc2C(=O)c2c1ccc1[nH]c(=O)[nH]c21. The van der Waals surface area contributed by atoms with Gasteiger partial charge in [-0.1, -0.05) is 24.3 Å². The van der Waals surface area contributed by atoms with Crippen LogP contribution in [-0.4, -0.2) is 21.5 Å². The number of fused-ring (bicyclic) bond motifs is 4. The Morgan fingerprint density at radius 3 is 2.15 bits per heavy atom. The Hall–Kier alpha value is -2.95. The average Bonchev–Trinajstić information content (AvgIpc) is 2.84. The maximum Gasteiger partial charge on any atom is 0.323 e. The minimum absolute atomic E-state index is 0.195. The molecule has 0 bridgehead atoms. The Morgan fingerprint density at radius 1 is 0.700 bits per heavy atom. The third-order valence-corrected chi connectivity index (χ3v) is 3.58. The standard InChI is InChI=1S/C15H8N2O3/c18-13-7-3-1-2-4-8(7)14(19)11-9(13)5-6-10-12(11)17-15(20)16-10/h1-6H,(H2,16,17,20). The normalized spacial score (nSPS) is 13.4. The summed E-state index contributed by atoms with van der Waals surface area (Å²) in [4.78, 5) is 41.6. The number of benzene rings is 2. The summed E-state index contributed by atoms with van der Waals surface area (Å²) in [7, 11) is 0. The molecule has 5 heteroatoms. The van der Waals surface area contributed by atoms with Gasteiger partial charge in [0.1, 0.15) is 0 Å². The number of carbonyl (C=O) groups excluding carboxylic acids is 2. The predicted octanol–water partition coefficient (Wildman–Crippen LogP) is 1.63. The molecule has 96 valence electrons. The zero-order valence-electron chi connectivity index (χ0n) is 10.2. The number of rotatable bonds is 0. The van der Waals surface area contributed by atoms with Crippen LogP contribution in [0.25, 0.3) is 11.0 Å². The van der Waals surface area contributed by atoms with E-state index in [2.05, 4.69) is 9.97 Å². The van der Waals surface area contributed by atoms with Gasteiger partial charge in [0.05, 0.1) is 16.6 Å². The van der Waals surface area contributed by atoms with Gasteiger partial charge in [-0.3, -0.25) is 9.59 Å². The van der Waals surface area contributed by atoms with Crippen LogP contribution in [0, 0.1) is 0 Å². The van der Waals surface area contributed by atoms with Crippen molar-refractivity contribution in [1.82, 2.24) is 9.97 Å². The zero-order chi connectivity index (χ0) is 13.9. The molecule has 1 aromatic heterocycles. The first-order chi connectivity index (χ1) is 9.66. The van der Waals surface area contributed by atoms with Gasteiger partial charge in [-0.15, -0.1) is 0 Å². The third-order valence-electron chi connectivity index (χ3n) is 3.58. The molecule has 1 aliphatic rings. The molecule has 2 N–H and O–H groups in total. The molecule has 0 unspecified atom stereocenters. The van der Waals surface area contributed by atoms with E-state index in [1.807, 2.05) is 0 Å². The molecule has 5 nitrogen and oxygen atoms in total. The number of aromatic nitrogens is 2. The van der Waals surface area contributed by atoms with Gasteiger partial charge in [-0.2, -0.15) is 0 Å². The number of carbonyl (C=O) groups is 2. The average molecular weight is 264 g/mol. The van der Waals surface area contributed by atoms with Gasteiger partial charge in [0.15, 0.2) is 11.6 Å². The molecule has 0 atom stereocenters. The van der Waals surface area contributed by atoms with Crippen molar-refractivity contribution in [2.75, 3.05) is 0 Å². The highest BCUT2D eigenvalue weighted by molar-refractivity contribution is 6.31. The quantitative estimate of drug-likeness (QED) is 0.506. The lowest BCUT2D eigenvalue weighted by molar-refractivity contribution is 0.0980. The van der Waals surface area contributed by atoms with E-state index in [-0.39, 0.29) is 17.1 Å². The van der Waals surface area contributed by atoms with Crippen LogP contribution in [0.15, 0.2) is 41.2 Å². The number of H-pyrrole nitrogens is 2. The van der Waals surface area contributed by atoms with Crippen LogP contribution in [0.1, 0.15) is 31.8 Å². The maximum absolute atomic E-state index is 12.6. The fraction of sp³-hybridized carbons (Fsp3) is 0. The number of nitrogens with one attached hydrogen (secondary N) is 2. The van der Waals surface area contributed by atoms with E-state index in [0.717, 1.165) is 0 Å². The first kappa shape index (κ1) is 10.9. The number of hydrogen-bond donors (Lipinski definition) is 2. The second-order valence-electron chi connectivity index (χ2n) is 4.69. The largest absolute Gasteiger partial charge is 0.323 e. The smallest absolute Gasteiger partial charge is 0.306 e. The highest BCUT2D eigenvalue weighted by Crippen LogP contribution is 2.30. The number of hydrogen-bond acceptors (Lipinski definition) is 3. The first-order valence-electron chi connectivity index (χ1n) is 6.10. The summed E-state index contributed by atoms with van der Waals surface area (Å²) in [5.41, 5.74) is 1.89. The van der Waals surface area contributed by atoms with Crippen molar-refractivity contribution in [3.05, 3.63) is 69.1 Å². The molecule has 0 amide bonds. The van der Waals surface area contributed by atoms with Gasteiger partial charge in [0.2, 0.25) is 0 Å². The van der Waals surface area contributed by atoms with Gasteiger partial charge in [0.25, 0.3) is 0 Å². The van der Waals surface area contributed by atoms with E-state index in [0.29, 0.717) is 27.7 Å². The molecule has 0 aliphatic heterocycles. The molecule has 20 heavy (non-hydrogen) atoms. The molecule has 1 aliphatic carbocycles. The van der Waals surface area contributed by atoms with E-state index >= 15 is 0 Å². The molecule has 3 aromatic rings. The van der Waals surface area contributed by atoms with Crippen molar-refractivity contribution in [2.24, 2.45) is 0 Å². The highest BCUT2D eigenvalue weighted by Gasteiger charge is 2.31. The van der Waals surface area contributed by atoms with Crippen LogP contribution in [-0.2, 0) is 0 Å². The lowest BCUT2D eigenvalue weighted by Crippen LogP contribution is -2.21. The van der Waals surface area contributed by atoms with Gasteiger partial charge < -0.3 is 9.97 Å². The van der Waals surface area contributed by atoms with E-state index < -0.39 is 5.69 Å². The van der Waals surface area contributed by atoms with Gasteiger partial charge >= 0.3 is 5.69 Å². The van der Waals surface area contributed by atoms with Crippen LogP contribution in [0.2, 0.25) is 0 Å². The van der Waals surface area contributed by atoms with E-state index in [9.17, 15) is 14.4 Å². The van der Waals surface area contributed by atoms with Gasteiger partial charge in [-0.05, 0) is 12.1 Å². The van der Waals surface area contributed by atoms with Crippen molar-refractivity contribution < 1.29 is 9.59 Å². The van der Waals surface area contributed by atoms with Crippen LogP contribution >= 0.6 is 0 Å². The lowest BCUT2D eigenvalue weighted by atomic mass is 9.83. The Kier molecular flexibility index (Phi) is 1.93. The molecule has 0 radical (unpaired) electrons. The summed E-state index contributed by atoms with van der Waals surface area (Å²) < 4.78 is 0. The predicted molar refractivity (Wildman–Crippen MR) is 72.2 cm³/mol. The van der Waals surface area contributed by atoms with Crippen LogP contribution < -0.4 is 5.69 Å². The Labute approximate surface area is 112 Å². The van der Waals surface area contributed by atoms with Crippen molar-refractivity contribution in [3.63, 3.8) is 0 Å². The van der Waals surface area contributed by atoms with Crippen LogP contribution in [0.5, 0.6) is 0 Å². The van der Waals surface area contributed by atoms with Gasteiger partial charge in [-0.25, -0.2) is 4.79 Å². The van der Waals surface area contributed by atoms with Crippen molar-refractivity contribution in [1.29, 1.82) is 0 Å². The van der Waals surface area contributed by atoms with Crippen LogP contribution in [0.3, 0.4) is 0 Å². The summed E-state index contributed by atoms with van der Waals surface area (Å²) in [6.07, 6.45) is 0. The Bertz CT molecular complexity index is 963. The third kappa shape index (κ3) is 1.23. The summed E-state index contributed by atoms with van der Waals surface area (Å²) >= 11 is 0. The second kappa shape index (κ2) is 3.54. The van der Waals surface area contributed by atoms with E-state index in [4.69, 9.17) is 0 Å². The summed E-state index contributed by atoms with van der Waals surface area (Å²) in [5, 5.41) is 0. The Morgan fingerprint density at radius 2 is 1.40 bits per heavy atom. The zero-order valence-corrected chi connectivity index (χ0v) is 10.2. The molecule has 0 spiro atoms. The number of aromatic amines is 2. The van der Waals surface area contributed by atoms with Crippen LogP contribution in [0.4, 0.5) is 0 Å². The lowest BCUT2D eigenvalue weighted by Gasteiger charge is -2.17. The molecule has 4 rings (SSSR count). The summed E-state index contributed by atoms with van der Waals surface area (Å²) in [5.74, 6) is -0.435. The monoisotopic (exact) mass is 264 g/mol. The molecular formula is C15H8N2O3. The van der Waals surface area contributed by atoms with E-state index in [1.54, 1.807) is 36.4 Å². The maximum atomic E-state index is 12.6. The number of imidazole rings is 1. The summed E-state index contributed by atoms with van der Waals surface area (Å²) in [6.45, 7) is 0.